The van der Waals surface area contributed by atoms with Crippen LogP contribution in [0, 0.1) is 0 Å². The molecule has 0 aromatic carbocycles. The third-order valence-corrected chi connectivity index (χ3v) is 0. The zero-order valence-electron chi connectivity index (χ0n) is 1.40. The molecule has 4 heteroatoms. The van der Waals surface area contributed by atoms with Crippen LogP contribution in [0.15, 0.2) is 0 Å². The first kappa shape index (κ1) is 32.9. The molecule has 0 N–H and O–H groups in total. The fourth-order valence-corrected chi connectivity index (χ4v) is 0. The number of rotatable bonds is 0. The second-order valence-electron chi connectivity index (χ2n) is 0. The summed E-state index contributed by atoms with van der Waals surface area (Å²) in [5.41, 5.74) is 0. The normalized spacial score (nSPS) is 0. The van der Waals surface area contributed by atoms with Gasteiger partial charge in [-0.25, -0.2) is 0 Å². The summed E-state index contributed by atoms with van der Waals surface area (Å²) >= 11 is 0. The molecule has 0 spiro atoms. The molecule has 0 fully saturated rings. The molecule has 0 aliphatic rings. The Bertz CT molecular complexity index is 8.00. The molecule has 0 aromatic rings. The molecule has 0 nitrogen and oxygen atoms in total. The maximum Gasteiger partial charge on any atom is 0 e. The minimum Gasteiger partial charge on any atom is -0.197 e. The van der Waals surface area contributed by atoms with Gasteiger partial charge in [-0.15, -0.1) is 0 Å². The van der Waals surface area contributed by atoms with Gasteiger partial charge in [0, 0.05) is 61.8 Å². The molecule has 0 aliphatic carbocycles. The average Bonchev–Trinajstić information content (AvgIpc) is 0. The predicted octanol–water partition coefficient (Wildman–Crippen LogP) is 0.105. The second-order valence-corrected chi connectivity index (χ2v) is 0. The van der Waals surface area contributed by atoms with Crippen molar-refractivity contribution < 1.29 is 61.8 Å². The monoisotopic (exact) mass is 401 g/mol. The van der Waals surface area contributed by atoms with Crippen molar-refractivity contribution in [3.05, 3.63) is 0 Å². The summed E-state index contributed by atoms with van der Waals surface area (Å²) in [6.45, 7) is 0. The van der Waals surface area contributed by atoms with Gasteiger partial charge in [0.25, 0.3) is 0 Å². The first-order valence-corrected chi connectivity index (χ1v) is 0. The van der Waals surface area contributed by atoms with Gasteiger partial charge in [-0.05, 0) is 0 Å². The maximum absolute atomic E-state index is 0. The van der Waals surface area contributed by atoms with Gasteiger partial charge >= 0.3 is 0 Å². The predicted molar refractivity (Wildman–Crippen MR) is 10.4 cm³/mol. The van der Waals surface area contributed by atoms with Crippen LogP contribution in [0.4, 0.5) is 0 Å². The Morgan fingerprint density at radius 1 is 1.00 bits per heavy atom. The van der Waals surface area contributed by atoms with Gasteiger partial charge in [0.15, 0.2) is 0 Å². The van der Waals surface area contributed by atoms with E-state index < -0.39 is 0 Å². The Hall–Kier alpha value is 2.35. The van der Waals surface area contributed by atoms with Crippen LogP contribution >= 0.6 is 13.5 Å². The molecule has 0 aromatic heterocycles. The number of hydrogen-bond acceptors (Lipinski definition) is 0. The molecule has 0 atom stereocenters. The minimum absolute atomic E-state index is 0. The zero-order chi connectivity index (χ0) is 0. The van der Waals surface area contributed by atoms with E-state index in [0.717, 1.165) is 0 Å². The smallest absolute Gasteiger partial charge is 0 e. The van der Waals surface area contributed by atoms with Crippen molar-refractivity contribution in [3.8, 4) is 0 Å². The molecular weight excluding hydrogens is 400 g/mol. The minimum atomic E-state index is 0. The fourth-order valence-electron chi connectivity index (χ4n) is 0. The van der Waals surface area contributed by atoms with Crippen LogP contribution in [0.1, 0.15) is 0 Å². The van der Waals surface area contributed by atoms with Crippen LogP contribution in [-0.2, 0) is 61.8 Å². The van der Waals surface area contributed by atoms with E-state index >= 15 is 0 Å². The summed E-state index contributed by atoms with van der Waals surface area (Å²) in [4.78, 5) is 0. The quantitative estimate of drug-likeness (QED) is 0.505. The van der Waals surface area contributed by atoms with E-state index in [-0.39, 0.29) is 75.3 Å². The molecule has 4 heavy (non-hydrogen) atoms. The largest absolute Gasteiger partial charge is 0.197 e. The molecule has 0 heterocycles. The Morgan fingerprint density at radius 2 is 1.00 bits per heavy atom. The van der Waals surface area contributed by atoms with Gasteiger partial charge in [-0.3, -0.25) is 0 Å². The molecule has 0 saturated heterocycles. The molecule has 0 aliphatic heterocycles. The first-order valence-electron chi connectivity index (χ1n) is 0. The maximum atomic E-state index is 0. The van der Waals surface area contributed by atoms with Crippen molar-refractivity contribution in [2.45, 2.75) is 0 Å². The third kappa shape index (κ3) is 8.84. The van der Waals surface area contributed by atoms with Crippen LogP contribution in [0.3, 0.4) is 0 Å². The van der Waals surface area contributed by atoms with Gasteiger partial charge in [-0.1, -0.05) is 0 Å². The molecule has 0 saturated carbocycles. The third-order valence-electron chi connectivity index (χ3n) is 0. The molecular formula is H2AgAuCuS. The first-order chi connectivity index (χ1) is 0. The summed E-state index contributed by atoms with van der Waals surface area (Å²) in [5.74, 6) is 0. The van der Waals surface area contributed by atoms with Gasteiger partial charge in [0.2, 0.25) is 0 Å². The second kappa shape index (κ2) is 18.3. The van der Waals surface area contributed by atoms with Gasteiger partial charge < -0.3 is 0 Å². The van der Waals surface area contributed by atoms with Crippen molar-refractivity contribution in [2.24, 2.45) is 0 Å². The van der Waals surface area contributed by atoms with E-state index in [1.54, 1.807) is 0 Å². The molecule has 0 unspecified atom stereocenters. The SMILES string of the molecule is S.[Ag].[Au].[Cu]. The van der Waals surface area contributed by atoms with Crippen molar-refractivity contribution in [1.82, 2.24) is 0 Å². The van der Waals surface area contributed by atoms with E-state index in [0.29, 0.717) is 0 Å². The average molecular weight is 402 g/mol. The van der Waals surface area contributed by atoms with E-state index in [9.17, 15) is 0 Å². The molecule has 0 rings (SSSR count). The van der Waals surface area contributed by atoms with Gasteiger partial charge in [0.1, 0.15) is 0 Å². The summed E-state index contributed by atoms with van der Waals surface area (Å²) in [7, 11) is 0. The Kier molecular flexibility index (Phi) is 151. The molecule has 0 amide bonds. The topological polar surface area (TPSA) is 0 Å². The zero-order valence-corrected chi connectivity index (χ0v) is 6.99. The van der Waals surface area contributed by atoms with Gasteiger partial charge in [0.05, 0.1) is 0 Å². The Morgan fingerprint density at radius 3 is 1.00 bits per heavy atom. The molecule has 0 bridgehead atoms. The van der Waals surface area contributed by atoms with E-state index in [2.05, 4.69) is 0 Å². The van der Waals surface area contributed by atoms with Crippen molar-refractivity contribution in [2.75, 3.05) is 0 Å². The van der Waals surface area contributed by atoms with Crippen molar-refractivity contribution in [3.63, 3.8) is 0 Å². The fraction of sp³-hybridized carbons (Fsp3) is 0. The van der Waals surface area contributed by atoms with Crippen LogP contribution in [0.5, 0.6) is 0 Å². The van der Waals surface area contributed by atoms with Crippen LogP contribution in [0.25, 0.3) is 0 Å². The Balaban J connectivity index is 0. The van der Waals surface area contributed by atoms with Crippen molar-refractivity contribution in [1.29, 1.82) is 0 Å². The molecule has 41 valence electrons. The van der Waals surface area contributed by atoms with Gasteiger partial charge in [-0.2, -0.15) is 13.5 Å². The summed E-state index contributed by atoms with van der Waals surface area (Å²) < 4.78 is 0. The summed E-state index contributed by atoms with van der Waals surface area (Å²) in [6.07, 6.45) is 0. The van der Waals surface area contributed by atoms with Crippen LogP contribution < -0.4 is 0 Å². The molecule has 3 radical (unpaired) electrons. The summed E-state index contributed by atoms with van der Waals surface area (Å²) in [6, 6.07) is 0. The summed E-state index contributed by atoms with van der Waals surface area (Å²) in [5, 5.41) is 0. The van der Waals surface area contributed by atoms with Crippen LogP contribution in [-0.4, -0.2) is 0 Å². The van der Waals surface area contributed by atoms with Crippen molar-refractivity contribution >= 4 is 13.5 Å². The number of hydrogen-bond donors (Lipinski definition) is 0. The standard InChI is InChI=1S/Ag.Au.Cu.H2S/h;;;1H2. The Labute approximate surface area is 74.4 Å². The van der Waals surface area contributed by atoms with E-state index in [1.807, 2.05) is 0 Å². The van der Waals surface area contributed by atoms with E-state index in [4.69, 9.17) is 0 Å². The van der Waals surface area contributed by atoms with E-state index in [1.165, 1.54) is 0 Å². The van der Waals surface area contributed by atoms with Crippen LogP contribution in [0.2, 0.25) is 0 Å².